The molecule has 0 bridgehead atoms. The van der Waals surface area contributed by atoms with E-state index >= 15 is 0 Å². The average molecular weight is 405 g/mol. The van der Waals surface area contributed by atoms with E-state index in [1.54, 1.807) is 14.2 Å². The van der Waals surface area contributed by atoms with Gasteiger partial charge in [0.2, 0.25) is 0 Å². The number of halogens is 1. The predicted octanol–water partition coefficient (Wildman–Crippen LogP) is 3.86. The summed E-state index contributed by atoms with van der Waals surface area (Å²) in [7, 11) is 3.19. The maximum atomic E-state index is 9.54. The summed E-state index contributed by atoms with van der Waals surface area (Å²) in [6.45, 7) is 4.52. The van der Waals surface area contributed by atoms with Crippen LogP contribution in [-0.2, 0) is 19.4 Å². The Bertz CT molecular complexity index is 803. The van der Waals surface area contributed by atoms with Crippen LogP contribution >= 0.6 is 15.9 Å². The molecule has 0 fully saturated rings. The third kappa shape index (κ3) is 4.02. The van der Waals surface area contributed by atoms with Gasteiger partial charge in [0, 0.05) is 6.54 Å². The van der Waals surface area contributed by atoms with Crippen molar-refractivity contribution in [3.05, 3.63) is 39.0 Å². The van der Waals surface area contributed by atoms with Gasteiger partial charge in [0.05, 0.1) is 24.4 Å². The van der Waals surface area contributed by atoms with Gasteiger partial charge in [0.15, 0.2) is 17.3 Å². The summed E-state index contributed by atoms with van der Waals surface area (Å²) in [5.41, 5.74) is 3.36. The molecule has 0 unspecified atom stereocenters. The van der Waals surface area contributed by atoms with Crippen LogP contribution in [0.25, 0.3) is 0 Å². The summed E-state index contributed by atoms with van der Waals surface area (Å²) in [6.07, 6.45) is 1.51. The molecule has 0 saturated carbocycles. The molecular formula is C18H21BrN4O2. The molecule has 2 aromatic rings. The molecule has 0 aliphatic heterocycles. The van der Waals surface area contributed by atoms with Gasteiger partial charge >= 0.3 is 0 Å². The first-order valence-electron chi connectivity index (χ1n) is 8.02. The molecular weight excluding hydrogens is 384 g/mol. The van der Waals surface area contributed by atoms with Gasteiger partial charge in [-0.2, -0.15) is 10.4 Å². The fourth-order valence-electron chi connectivity index (χ4n) is 2.68. The minimum atomic E-state index is 0.483. The number of aryl methyl sites for hydroxylation is 1. The van der Waals surface area contributed by atoms with Crippen molar-refractivity contribution in [2.75, 3.05) is 19.5 Å². The van der Waals surface area contributed by atoms with E-state index in [1.165, 1.54) is 0 Å². The highest BCUT2D eigenvalue weighted by atomic mass is 79.9. The van der Waals surface area contributed by atoms with Crippen LogP contribution in [0, 0.1) is 11.3 Å². The van der Waals surface area contributed by atoms with Gasteiger partial charge in [-0.15, -0.1) is 5.10 Å². The number of anilines is 1. The van der Waals surface area contributed by atoms with Crippen molar-refractivity contribution < 1.29 is 9.47 Å². The van der Waals surface area contributed by atoms with Gasteiger partial charge in [0.25, 0.3) is 0 Å². The molecule has 0 atom stereocenters. The van der Waals surface area contributed by atoms with Crippen molar-refractivity contribution in [2.45, 2.75) is 33.2 Å². The molecule has 0 amide bonds. The number of aromatic nitrogens is 2. The third-order valence-corrected chi connectivity index (χ3v) is 4.50. The van der Waals surface area contributed by atoms with E-state index in [0.29, 0.717) is 29.4 Å². The van der Waals surface area contributed by atoms with E-state index < -0.39 is 0 Å². The summed E-state index contributed by atoms with van der Waals surface area (Å²) < 4.78 is 11.5. The van der Waals surface area contributed by atoms with Gasteiger partial charge in [-0.25, -0.2) is 0 Å². The van der Waals surface area contributed by atoms with Gasteiger partial charge in [0.1, 0.15) is 11.6 Å². The van der Waals surface area contributed by atoms with E-state index in [9.17, 15) is 5.26 Å². The van der Waals surface area contributed by atoms with E-state index in [0.717, 1.165) is 34.1 Å². The second kappa shape index (κ2) is 8.67. The Morgan fingerprint density at radius 2 is 1.92 bits per heavy atom. The topological polar surface area (TPSA) is 80.1 Å². The lowest BCUT2D eigenvalue weighted by molar-refractivity contribution is 0.352. The maximum absolute atomic E-state index is 9.54. The summed E-state index contributed by atoms with van der Waals surface area (Å²) >= 11 is 3.48. The molecule has 0 aliphatic rings. The van der Waals surface area contributed by atoms with Crippen LogP contribution in [-0.4, -0.2) is 24.4 Å². The largest absolute Gasteiger partial charge is 0.493 e. The number of methoxy groups -OCH3 is 2. The first-order valence-corrected chi connectivity index (χ1v) is 8.81. The van der Waals surface area contributed by atoms with Crippen molar-refractivity contribution >= 4 is 21.7 Å². The van der Waals surface area contributed by atoms with Gasteiger partial charge < -0.3 is 14.8 Å². The standard InChI is InChI=1S/C18H21BrN4O2/c1-5-12-13(9-20)18(23-22-15(12)6-2)21-10-11-7-14(19)17(25-4)16(8-11)24-3/h7-8H,5-6,10H2,1-4H3,(H,21,23). The number of benzene rings is 1. The third-order valence-electron chi connectivity index (χ3n) is 3.91. The van der Waals surface area contributed by atoms with E-state index in [1.807, 2.05) is 26.0 Å². The second-order valence-corrected chi connectivity index (χ2v) is 6.19. The quantitative estimate of drug-likeness (QED) is 0.754. The van der Waals surface area contributed by atoms with Crippen LogP contribution < -0.4 is 14.8 Å². The number of nitrogens with zero attached hydrogens (tertiary/aromatic N) is 3. The fraction of sp³-hybridized carbons (Fsp3) is 0.389. The van der Waals surface area contributed by atoms with Crippen LogP contribution in [0.2, 0.25) is 0 Å². The highest BCUT2D eigenvalue weighted by Crippen LogP contribution is 2.36. The van der Waals surface area contributed by atoms with Crippen LogP contribution in [0.15, 0.2) is 16.6 Å². The minimum absolute atomic E-state index is 0.483. The molecule has 132 valence electrons. The van der Waals surface area contributed by atoms with Crippen molar-refractivity contribution in [1.82, 2.24) is 10.2 Å². The second-order valence-electron chi connectivity index (χ2n) is 5.33. The lowest BCUT2D eigenvalue weighted by atomic mass is 10.0. The highest BCUT2D eigenvalue weighted by Gasteiger charge is 2.15. The zero-order valence-electron chi connectivity index (χ0n) is 14.8. The Kier molecular flexibility index (Phi) is 6.59. The molecule has 7 heteroatoms. The lowest BCUT2D eigenvalue weighted by Crippen LogP contribution is -2.10. The SMILES string of the molecule is CCc1nnc(NCc2cc(Br)c(OC)c(OC)c2)c(C#N)c1CC. The number of ether oxygens (including phenoxy) is 2. The zero-order valence-corrected chi connectivity index (χ0v) is 16.4. The molecule has 0 aliphatic carbocycles. The lowest BCUT2D eigenvalue weighted by Gasteiger charge is -2.14. The molecule has 25 heavy (non-hydrogen) atoms. The first-order chi connectivity index (χ1) is 12.1. The first kappa shape index (κ1) is 19.0. The number of nitriles is 1. The van der Waals surface area contributed by atoms with Gasteiger partial charge in [-0.3, -0.25) is 0 Å². The van der Waals surface area contributed by atoms with Crippen LogP contribution in [0.3, 0.4) is 0 Å². The Morgan fingerprint density at radius 1 is 1.16 bits per heavy atom. The fourth-order valence-corrected chi connectivity index (χ4v) is 3.33. The number of nitrogens with one attached hydrogen (secondary N) is 1. The molecule has 0 radical (unpaired) electrons. The molecule has 6 nitrogen and oxygen atoms in total. The number of hydrogen-bond acceptors (Lipinski definition) is 6. The van der Waals surface area contributed by atoms with Gasteiger partial charge in [-0.1, -0.05) is 13.8 Å². The van der Waals surface area contributed by atoms with Crippen LogP contribution in [0.5, 0.6) is 11.5 Å². The minimum Gasteiger partial charge on any atom is -0.493 e. The Labute approximate surface area is 156 Å². The smallest absolute Gasteiger partial charge is 0.174 e. The molecule has 0 saturated heterocycles. The maximum Gasteiger partial charge on any atom is 0.174 e. The van der Waals surface area contributed by atoms with Crippen molar-refractivity contribution in [2.24, 2.45) is 0 Å². The van der Waals surface area contributed by atoms with Crippen molar-refractivity contribution in [1.29, 1.82) is 5.26 Å². The van der Waals surface area contributed by atoms with Crippen molar-refractivity contribution in [3.8, 4) is 17.6 Å². The Hall–Kier alpha value is -2.33. The van der Waals surface area contributed by atoms with Crippen LogP contribution in [0.4, 0.5) is 5.82 Å². The average Bonchev–Trinajstić information content (AvgIpc) is 2.64. The Morgan fingerprint density at radius 3 is 2.48 bits per heavy atom. The number of rotatable bonds is 7. The Balaban J connectivity index is 2.31. The summed E-state index contributed by atoms with van der Waals surface area (Å²) in [5.74, 6) is 1.78. The normalized spacial score (nSPS) is 10.2. The molecule has 0 spiro atoms. The molecule has 1 aromatic carbocycles. The van der Waals surface area contributed by atoms with Crippen molar-refractivity contribution in [3.63, 3.8) is 0 Å². The van der Waals surface area contributed by atoms with Crippen LogP contribution in [0.1, 0.15) is 36.2 Å². The number of hydrogen-bond donors (Lipinski definition) is 1. The monoisotopic (exact) mass is 404 g/mol. The van der Waals surface area contributed by atoms with E-state index in [-0.39, 0.29) is 0 Å². The predicted molar refractivity (Wildman–Crippen MR) is 100 cm³/mol. The highest BCUT2D eigenvalue weighted by molar-refractivity contribution is 9.10. The molecule has 1 aromatic heterocycles. The zero-order chi connectivity index (χ0) is 18.4. The molecule has 1 heterocycles. The summed E-state index contributed by atoms with van der Waals surface area (Å²) in [6, 6.07) is 6.08. The van der Waals surface area contributed by atoms with E-state index in [4.69, 9.17) is 9.47 Å². The summed E-state index contributed by atoms with van der Waals surface area (Å²) in [4.78, 5) is 0. The van der Waals surface area contributed by atoms with Gasteiger partial charge in [-0.05, 0) is 52.0 Å². The molecule has 2 rings (SSSR count). The van der Waals surface area contributed by atoms with E-state index in [2.05, 4.69) is 37.5 Å². The summed E-state index contributed by atoms with van der Waals surface area (Å²) in [5, 5.41) is 21.2. The molecule has 1 N–H and O–H groups in total.